The van der Waals surface area contributed by atoms with Crippen molar-refractivity contribution in [1.82, 2.24) is 0 Å². The van der Waals surface area contributed by atoms with Crippen LogP contribution in [0.1, 0.15) is 19.8 Å². The van der Waals surface area contributed by atoms with E-state index in [2.05, 4.69) is 4.99 Å². The number of hydrogen-bond acceptors (Lipinski definition) is 4. The van der Waals surface area contributed by atoms with E-state index >= 15 is 0 Å². The zero-order valence-corrected chi connectivity index (χ0v) is 9.92. The average Bonchev–Trinajstić information content (AvgIpc) is 2.54. The van der Waals surface area contributed by atoms with E-state index < -0.39 is 4.92 Å². The Kier molecular flexibility index (Phi) is 2.29. The van der Waals surface area contributed by atoms with Crippen molar-refractivity contribution in [2.24, 2.45) is 16.8 Å². The molecule has 0 aromatic rings. The summed E-state index contributed by atoms with van der Waals surface area (Å²) in [5.41, 5.74) is 2.62. The van der Waals surface area contributed by atoms with Crippen LogP contribution in [-0.4, -0.2) is 16.9 Å². The summed E-state index contributed by atoms with van der Waals surface area (Å²) in [6.45, 7) is 1.85. The molecule has 5 heteroatoms. The number of Topliss-reactive ketones (excluding diaryl/α,β-unsaturated/α-hetero) is 1. The van der Waals surface area contributed by atoms with E-state index in [1.54, 1.807) is 0 Å². The summed E-state index contributed by atoms with van der Waals surface area (Å²) >= 11 is 0. The van der Waals surface area contributed by atoms with Gasteiger partial charge in [0.1, 0.15) is 12.0 Å². The predicted molar refractivity (Wildman–Crippen MR) is 65.6 cm³/mol. The highest BCUT2D eigenvalue weighted by Crippen LogP contribution is 2.44. The molecule has 0 saturated carbocycles. The van der Waals surface area contributed by atoms with Crippen LogP contribution in [0.25, 0.3) is 0 Å². The van der Waals surface area contributed by atoms with E-state index in [4.69, 9.17) is 0 Å². The Hall–Kier alpha value is -2.04. The second-order valence-electron chi connectivity index (χ2n) is 4.80. The molecular weight excluding hydrogens is 232 g/mol. The SMILES string of the molecule is CC1C(=O)C2CCC=C3C=C([N+](=O)[O-])N=CC1=C32. The van der Waals surface area contributed by atoms with Crippen LogP contribution in [0.2, 0.25) is 0 Å². The van der Waals surface area contributed by atoms with Crippen LogP contribution in [0.3, 0.4) is 0 Å². The maximum atomic E-state index is 12.1. The van der Waals surface area contributed by atoms with E-state index in [9.17, 15) is 14.9 Å². The van der Waals surface area contributed by atoms with Gasteiger partial charge in [-0.1, -0.05) is 13.0 Å². The van der Waals surface area contributed by atoms with Gasteiger partial charge in [0.25, 0.3) is 0 Å². The summed E-state index contributed by atoms with van der Waals surface area (Å²) in [7, 11) is 0. The lowest BCUT2D eigenvalue weighted by atomic mass is 9.84. The van der Waals surface area contributed by atoms with Gasteiger partial charge in [0.15, 0.2) is 0 Å². The van der Waals surface area contributed by atoms with Gasteiger partial charge >= 0.3 is 5.82 Å². The fourth-order valence-electron chi connectivity index (χ4n) is 2.93. The second-order valence-corrected chi connectivity index (χ2v) is 4.80. The quantitative estimate of drug-likeness (QED) is 0.523. The van der Waals surface area contributed by atoms with Gasteiger partial charge in [0.05, 0.1) is 0 Å². The average molecular weight is 244 g/mol. The van der Waals surface area contributed by atoms with Crippen molar-refractivity contribution in [3.8, 4) is 0 Å². The lowest BCUT2D eigenvalue weighted by Crippen LogP contribution is -2.18. The minimum Gasteiger partial charge on any atom is -0.358 e. The van der Waals surface area contributed by atoms with Crippen LogP contribution >= 0.6 is 0 Å². The fourth-order valence-corrected chi connectivity index (χ4v) is 2.93. The molecule has 0 fully saturated rings. The third-order valence-electron chi connectivity index (χ3n) is 3.83. The summed E-state index contributed by atoms with van der Waals surface area (Å²) in [4.78, 5) is 26.4. The predicted octanol–water partition coefficient (Wildman–Crippen LogP) is 2.04. The number of aliphatic imine (C=N–C) groups is 1. The minimum atomic E-state index is -0.490. The molecule has 92 valence electrons. The van der Waals surface area contributed by atoms with Crippen molar-refractivity contribution in [3.63, 3.8) is 0 Å². The highest BCUT2D eigenvalue weighted by molar-refractivity contribution is 6.03. The van der Waals surface area contributed by atoms with Gasteiger partial charge in [0, 0.05) is 23.5 Å². The molecular formula is C13H12N2O3. The molecule has 0 aromatic carbocycles. The largest absolute Gasteiger partial charge is 0.363 e. The molecule has 0 saturated heterocycles. The smallest absolute Gasteiger partial charge is 0.358 e. The summed E-state index contributed by atoms with van der Waals surface area (Å²) in [5, 5.41) is 10.8. The lowest BCUT2D eigenvalue weighted by Gasteiger charge is -2.18. The summed E-state index contributed by atoms with van der Waals surface area (Å²) in [5.74, 6) is -0.232. The lowest BCUT2D eigenvalue weighted by molar-refractivity contribution is -0.425. The van der Waals surface area contributed by atoms with Crippen LogP contribution in [0.4, 0.5) is 0 Å². The van der Waals surface area contributed by atoms with Gasteiger partial charge < -0.3 is 10.1 Å². The first-order chi connectivity index (χ1) is 8.59. The highest BCUT2D eigenvalue weighted by atomic mass is 16.6. The highest BCUT2D eigenvalue weighted by Gasteiger charge is 2.42. The van der Waals surface area contributed by atoms with Gasteiger partial charge in [-0.3, -0.25) is 4.79 Å². The van der Waals surface area contributed by atoms with Gasteiger partial charge in [-0.05, 0) is 33.9 Å². The van der Waals surface area contributed by atoms with E-state index in [0.717, 1.165) is 29.6 Å². The molecule has 2 unspecified atom stereocenters. The first-order valence-electron chi connectivity index (χ1n) is 5.98. The summed E-state index contributed by atoms with van der Waals surface area (Å²) < 4.78 is 0. The number of nitrogens with zero attached hydrogens (tertiary/aromatic N) is 2. The van der Waals surface area contributed by atoms with Crippen molar-refractivity contribution in [1.29, 1.82) is 0 Å². The van der Waals surface area contributed by atoms with Crippen molar-refractivity contribution < 1.29 is 9.72 Å². The summed E-state index contributed by atoms with van der Waals surface area (Å²) in [6.07, 6.45) is 6.54. The number of carbonyl (C=O) groups excluding carboxylic acids is 1. The Bertz CT molecular complexity index is 581. The number of hydrogen-bond donors (Lipinski definition) is 0. The first kappa shape index (κ1) is 11.1. The third-order valence-corrected chi connectivity index (χ3v) is 3.83. The standard InChI is InChI=1S/C13H12N2O3/c1-7-10-6-14-11(15(17)18)5-8-3-2-4-9(12(8)10)13(7)16/h3,5-7,9H,2,4H2,1H3. The Morgan fingerprint density at radius 2 is 2.28 bits per heavy atom. The molecule has 0 aromatic heterocycles. The van der Waals surface area contributed by atoms with Crippen LogP contribution in [-0.2, 0) is 4.79 Å². The number of carbonyl (C=O) groups is 1. The monoisotopic (exact) mass is 244 g/mol. The van der Waals surface area contributed by atoms with Crippen molar-refractivity contribution in [2.75, 3.05) is 0 Å². The molecule has 5 nitrogen and oxygen atoms in total. The van der Waals surface area contributed by atoms with Crippen LogP contribution in [0.15, 0.2) is 39.7 Å². The van der Waals surface area contributed by atoms with E-state index in [1.807, 2.05) is 13.0 Å². The zero-order valence-electron chi connectivity index (χ0n) is 9.92. The van der Waals surface area contributed by atoms with Crippen LogP contribution in [0.5, 0.6) is 0 Å². The number of ketones is 1. The Morgan fingerprint density at radius 3 is 3.00 bits per heavy atom. The zero-order chi connectivity index (χ0) is 12.9. The fraction of sp³-hybridized carbons (Fsp3) is 0.385. The van der Waals surface area contributed by atoms with Crippen LogP contribution in [0, 0.1) is 22.0 Å². The molecule has 1 aliphatic heterocycles. The van der Waals surface area contributed by atoms with Crippen LogP contribution < -0.4 is 0 Å². The number of rotatable bonds is 1. The molecule has 0 N–H and O–H groups in total. The van der Waals surface area contributed by atoms with Gasteiger partial charge in [0.2, 0.25) is 0 Å². The van der Waals surface area contributed by atoms with E-state index in [-0.39, 0.29) is 23.4 Å². The number of allylic oxidation sites excluding steroid dienone is 5. The van der Waals surface area contributed by atoms with Gasteiger partial charge in [-0.2, -0.15) is 0 Å². The molecule has 18 heavy (non-hydrogen) atoms. The molecule has 0 amide bonds. The maximum Gasteiger partial charge on any atom is 0.363 e. The molecule has 2 aliphatic carbocycles. The molecule has 3 rings (SSSR count). The molecule has 0 radical (unpaired) electrons. The molecule has 2 atom stereocenters. The Balaban J connectivity index is 2.17. The first-order valence-corrected chi connectivity index (χ1v) is 5.98. The summed E-state index contributed by atoms with van der Waals surface area (Å²) in [6, 6.07) is 0. The minimum absolute atomic E-state index is 0.0937. The van der Waals surface area contributed by atoms with Gasteiger partial charge in [-0.25, -0.2) is 0 Å². The van der Waals surface area contributed by atoms with Crippen molar-refractivity contribution >= 4 is 12.0 Å². The van der Waals surface area contributed by atoms with Crippen molar-refractivity contribution in [3.05, 3.63) is 44.8 Å². The molecule has 0 bridgehead atoms. The molecule has 0 spiro atoms. The van der Waals surface area contributed by atoms with Crippen molar-refractivity contribution in [2.45, 2.75) is 19.8 Å². The van der Waals surface area contributed by atoms with Gasteiger partial charge in [-0.15, -0.1) is 0 Å². The third kappa shape index (κ3) is 1.40. The van der Waals surface area contributed by atoms with E-state index in [0.29, 0.717) is 0 Å². The Labute approximate surface area is 104 Å². The van der Waals surface area contributed by atoms with E-state index in [1.165, 1.54) is 12.3 Å². The molecule has 1 heterocycles. The topological polar surface area (TPSA) is 72.6 Å². The second kappa shape index (κ2) is 3.73. The normalized spacial score (nSPS) is 29.7. The maximum absolute atomic E-state index is 12.1. The molecule has 3 aliphatic rings. The Morgan fingerprint density at radius 1 is 1.50 bits per heavy atom. The number of nitro groups is 1.